The van der Waals surface area contributed by atoms with Gasteiger partial charge in [0.2, 0.25) is 0 Å². The average molecular weight is 1210 g/mol. The molecule has 0 aliphatic carbocycles. The van der Waals surface area contributed by atoms with Crippen LogP contribution >= 0.6 is 0 Å². The zero-order valence-electron chi connectivity index (χ0n) is 60.9. The maximum atomic E-state index is 2.32. The molecule has 0 atom stereocenters. The summed E-state index contributed by atoms with van der Waals surface area (Å²) >= 11 is -0.548. The van der Waals surface area contributed by atoms with Gasteiger partial charge in [0.1, 0.15) is 0 Å². The molecule has 0 aliphatic heterocycles. The van der Waals surface area contributed by atoms with Crippen LogP contribution in [0.5, 0.6) is 0 Å². The molecular weight excluding hydrogens is 1040 g/mol. The van der Waals surface area contributed by atoms with Gasteiger partial charge in [-0.1, -0.05) is 537 Å². The van der Waals surface area contributed by atoms with E-state index in [-0.39, 0.29) is 0 Å². The summed E-state index contributed by atoms with van der Waals surface area (Å²) in [6.07, 6.45) is 117. The number of rotatable bonds is 81. The van der Waals surface area contributed by atoms with Gasteiger partial charge in [-0.2, -0.15) is 0 Å². The fourth-order valence-electron chi connectivity index (χ4n) is 14.7. The Balaban J connectivity index is 4.00. The summed E-state index contributed by atoms with van der Waals surface area (Å²) in [5.41, 5.74) is 0. The van der Waals surface area contributed by atoms with E-state index in [2.05, 4.69) is 20.8 Å². The van der Waals surface area contributed by atoms with Crippen LogP contribution in [-0.4, -0.2) is 14.1 Å². The predicted molar refractivity (Wildman–Crippen MR) is 397 cm³/mol. The Kier molecular flexibility index (Phi) is 83.1. The van der Waals surface area contributed by atoms with E-state index in [9.17, 15) is 0 Å². The molecule has 0 N–H and O–H groups in total. The third-order valence-electron chi connectivity index (χ3n) is 20.9. The monoisotopic (exact) mass is 1210 g/mol. The van der Waals surface area contributed by atoms with Crippen LogP contribution in [0.3, 0.4) is 0 Å². The highest BCUT2D eigenvalue weighted by molar-refractivity contribution is 6.58. The van der Waals surface area contributed by atoms with Crippen molar-refractivity contribution >= 4 is 14.1 Å². The zero-order chi connectivity index (χ0) is 60.9. The highest BCUT2D eigenvalue weighted by Gasteiger charge is 2.16. The Bertz CT molecular complexity index is 949. The molecule has 85 heavy (non-hydrogen) atoms. The van der Waals surface area contributed by atoms with Crippen LogP contribution in [0.4, 0.5) is 0 Å². The smallest absolute Gasteiger partial charge is 0.0939 e. The largest absolute Gasteiger partial charge is 0.261 e. The second-order valence-corrected chi connectivity index (χ2v) is 33.2. The molecule has 0 unspecified atom stereocenters. The van der Waals surface area contributed by atoms with Gasteiger partial charge in [-0.25, -0.2) is 0 Å². The lowest BCUT2D eigenvalue weighted by atomic mass is 10.0. The summed E-state index contributed by atoms with van der Waals surface area (Å²) in [5, 5.41) is 5.04. The summed E-state index contributed by atoms with van der Waals surface area (Å²) in [4.78, 5) is 0. The quantitative estimate of drug-likeness (QED) is 0.0421. The van der Waals surface area contributed by atoms with Crippen LogP contribution in [0.1, 0.15) is 522 Å². The highest BCUT2D eigenvalue weighted by Crippen LogP contribution is 2.24. The topological polar surface area (TPSA) is 0 Å². The van der Waals surface area contributed by atoms with E-state index in [0.29, 0.717) is 0 Å². The van der Waals surface area contributed by atoms with Crippen molar-refractivity contribution in [1.82, 2.24) is 0 Å². The molecule has 0 nitrogen and oxygen atoms in total. The molecular formula is C84H171Al. The zero-order valence-corrected chi connectivity index (χ0v) is 62.0. The van der Waals surface area contributed by atoms with Gasteiger partial charge in [-0.3, -0.25) is 0 Å². The molecule has 0 aromatic carbocycles. The van der Waals surface area contributed by atoms with Crippen LogP contribution in [0.2, 0.25) is 15.8 Å². The van der Waals surface area contributed by atoms with E-state index in [0.717, 1.165) is 0 Å². The third kappa shape index (κ3) is 80.6. The summed E-state index contributed by atoms with van der Waals surface area (Å²) in [6.45, 7) is 6.97. The molecule has 0 saturated carbocycles. The van der Waals surface area contributed by atoms with E-state index >= 15 is 0 Å². The van der Waals surface area contributed by atoms with E-state index in [4.69, 9.17) is 0 Å². The number of unbranched alkanes of at least 4 members (excludes halogenated alkanes) is 75. The molecule has 0 aromatic heterocycles. The molecule has 0 rings (SSSR count). The van der Waals surface area contributed by atoms with Gasteiger partial charge in [-0.05, 0) is 0 Å². The number of hydrogen-bond acceptors (Lipinski definition) is 0. The van der Waals surface area contributed by atoms with E-state index in [1.54, 1.807) is 54.4 Å². The van der Waals surface area contributed by atoms with Crippen LogP contribution in [0.15, 0.2) is 0 Å². The second kappa shape index (κ2) is 82.5. The van der Waals surface area contributed by atoms with Gasteiger partial charge in [0.05, 0.1) is 0 Å². The summed E-state index contributed by atoms with van der Waals surface area (Å²) < 4.78 is 0. The SMILES string of the molecule is CCCCCCCCCCCCCCCCCCCCCCCCCCC[CH2][Al]([CH2]CCCCCCCCCCCCCCCCCCCCCCCCCCC)[CH2]CCCCCCCCCCCCCCCCCCCCCCCCCCC. The van der Waals surface area contributed by atoms with E-state index in [1.807, 2.05) is 0 Å². The molecule has 0 saturated heterocycles. The maximum Gasteiger partial charge on any atom is 0.261 e. The first-order valence-electron chi connectivity index (χ1n) is 42.3. The molecule has 0 fully saturated rings. The lowest BCUT2D eigenvalue weighted by Gasteiger charge is -2.12. The summed E-state index contributed by atoms with van der Waals surface area (Å²) in [6, 6.07) is 0. The molecule has 510 valence electrons. The van der Waals surface area contributed by atoms with Crippen molar-refractivity contribution in [3.8, 4) is 0 Å². The predicted octanol–water partition coefficient (Wildman–Crippen LogP) is 33.0. The van der Waals surface area contributed by atoms with Gasteiger partial charge in [0.25, 0.3) is 14.1 Å². The maximum absolute atomic E-state index is 2.32. The lowest BCUT2D eigenvalue weighted by molar-refractivity contribution is 0.515. The van der Waals surface area contributed by atoms with Gasteiger partial charge < -0.3 is 0 Å². The van der Waals surface area contributed by atoms with Crippen molar-refractivity contribution in [3.63, 3.8) is 0 Å². The van der Waals surface area contributed by atoms with E-state index < -0.39 is 14.1 Å². The molecule has 0 spiro atoms. The molecule has 0 amide bonds. The van der Waals surface area contributed by atoms with Crippen LogP contribution in [-0.2, 0) is 0 Å². The summed E-state index contributed by atoms with van der Waals surface area (Å²) in [5.74, 6) is 0. The second-order valence-electron chi connectivity index (χ2n) is 29.7. The Labute approximate surface area is 548 Å². The Morgan fingerprint density at radius 1 is 0.0941 bits per heavy atom. The molecule has 0 aromatic rings. The Morgan fingerprint density at radius 2 is 0.165 bits per heavy atom. The van der Waals surface area contributed by atoms with Crippen LogP contribution in [0, 0.1) is 0 Å². The minimum atomic E-state index is -0.548. The summed E-state index contributed by atoms with van der Waals surface area (Å²) in [7, 11) is 0. The minimum absolute atomic E-state index is 0.548. The first-order valence-corrected chi connectivity index (χ1v) is 44.8. The normalized spacial score (nSPS) is 11.8. The van der Waals surface area contributed by atoms with Crippen molar-refractivity contribution < 1.29 is 0 Å². The lowest BCUT2D eigenvalue weighted by Crippen LogP contribution is -2.12. The highest BCUT2D eigenvalue weighted by atomic mass is 27.2. The molecule has 0 heterocycles. The Morgan fingerprint density at radius 3 is 0.247 bits per heavy atom. The first kappa shape index (κ1) is 85.5. The molecule has 0 radical (unpaired) electrons. The van der Waals surface area contributed by atoms with Gasteiger partial charge in [0.15, 0.2) is 0 Å². The van der Waals surface area contributed by atoms with Gasteiger partial charge >= 0.3 is 0 Å². The van der Waals surface area contributed by atoms with Crippen molar-refractivity contribution in [1.29, 1.82) is 0 Å². The van der Waals surface area contributed by atoms with Crippen molar-refractivity contribution in [2.75, 3.05) is 0 Å². The van der Waals surface area contributed by atoms with E-state index in [1.165, 1.54) is 462 Å². The fourth-order valence-corrected chi connectivity index (χ4v) is 18.1. The molecule has 0 aliphatic rings. The Hall–Kier alpha value is 0.532. The fraction of sp³-hybridized carbons (Fsp3) is 1.00. The van der Waals surface area contributed by atoms with Crippen molar-refractivity contribution in [3.05, 3.63) is 0 Å². The van der Waals surface area contributed by atoms with Crippen molar-refractivity contribution in [2.24, 2.45) is 0 Å². The van der Waals surface area contributed by atoms with Gasteiger partial charge in [0, 0.05) is 0 Å². The number of hydrogen-bond donors (Lipinski definition) is 0. The third-order valence-corrected chi connectivity index (χ3v) is 24.6. The molecule has 1 heteroatoms. The standard InChI is InChI=1S/3C28H57.Al/c3*1-3-5-7-9-11-13-15-17-19-21-23-25-27-28-26-24-22-20-18-16-14-12-10-8-6-4-2;/h3*1,3-28H2,2H3;. The van der Waals surface area contributed by atoms with Crippen molar-refractivity contribution in [2.45, 2.75) is 537 Å². The average Bonchev–Trinajstić information content (AvgIpc) is 3.51. The van der Waals surface area contributed by atoms with Gasteiger partial charge in [-0.15, -0.1) is 0 Å². The minimum Gasteiger partial charge on any atom is -0.0939 e. The van der Waals surface area contributed by atoms with Crippen LogP contribution in [0.25, 0.3) is 0 Å². The first-order chi connectivity index (χ1) is 42.3. The van der Waals surface area contributed by atoms with Crippen LogP contribution < -0.4 is 0 Å². The molecule has 0 bridgehead atoms.